The van der Waals surface area contributed by atoms with Gasteiger partial charge in [0.05, 0.1) is 15.6 Å². The largest absolute Gasteiger partial charge is 0.322 e. The molecule has 116 valence electrons. The minimum Gasteiger partial charge on any atom is -0.322 e. The van der Waals surface area contributed by atoms with E-state index in [1.807, 2.05) is 6.07 Å². The quantitative estimate of drug-likeness (QED) is 0.787. The van der Waals surface area contributed by atoms with E-state index < -0.39 is 0 Å². The van der Waals surface area contributed by atoms with E-state index in [4.69, 9.17) is 23.2 Å². The molecule has 0 aliphatic rings. The van der Waals surface area contributed by atoms with Gasteiger partial charge >= 0.3 is 0 Å². The molecule has 1 amide bonds. The third-order valence-electron chi connectivity index (χ3n) is 3.19. The third-order valence-corrected chi connectivity index (χ3v) is 4.01. The zero-order chi connectivity index (χ0) is 16.4. The highest BCUT2D eigenvalue weighted by Crippen LogP contribution is 2.26. The lowest BCUT2D eigenvalue weighted by Crippen LogP contribution is -2.12. The second-order valence-electron chi connectivity index (χ2n) is 4.76. The summed E-state index contributed by atoms with van der Waals surface area (Å²) in [6, 6.07) is 12.1. The molecule has 0 spiro atoms. The van der Waals surface area contributed by atoms with Gasteiger partial charge in [0.2, 0.25) is 0 Å². The Morgan fingerprint density at radius 2 is 1.96 bits per heavy atom. The maximum absolute atomic E-state index is 12.4. The summed E-state index contributed by atoms with van der Waals surface area (Å²) in [6.45, 7) is 0. The fourth-order valence-electron chi connectivity index (χ4n) is 2.09. The van der Waals surface area contributed by atoms with Gasteiger partial charge in [-0.25, -0.2) is 4.68 Å². The van der Waals surface area contributed by atoms with Crippen molar-refractivity contribution in [2.75, 3.05) is 5.32 Å². The maximum atomic E-state index is 12.4. The van der Waals surface area contributed by atoms with Crippen molar-refractivity contribution >= 4 is 34.8 Å². The van der Waals surface area contributed by atoms with Crippen LogP contribution in [0, 0.1) is 0 Å². The van der Waals surface area contributed by atoms with Gasteiger partial charge in [0, 0.05) is 18.3 Å². The smallest absolute Gasteiger partial charge is 0.257 e. The highest BCUT2D eigenvalue weighted by Gasteiger charge is 2.13. The zero-order valence-corrected chi connectivity index (χ0v) is 13.5. The Balaban J connectivity index is 1.87. The summed E-state index contributed by atoms with van der Waals surface area (Å²) in [6.07, 6.45) is 0. The van der Waals surface area contributed by atoms with Gasteiger partial charge in [0.1, 0.15) is 0 Å². The number of rotatable bonds is 3. The fraction of sp³-hybridized carbons (Fsp3) is 0.0667. The molecule has 1 heterocycles. The summed E-state index contributed by atoms with van der Waals surface area (Å²) in [7, 11) is 1.74. The number of halogens is 2. The van der Waals surface area contributed by atoms with Gasteiger partial charge in [-0.05, 0) is 34.7 Å². The molecule has 0 unspecified atom stereocenters. The molecular weight excluding hydrogens is 337 g/mol. The third kappa shape index (κ3) is 3.18. The zero-order valence-electron chi connectivity index (χ0n) is 12.0. The summed E-state index contributed by atoms with van der Waals surface area (Å²) in [4.78, 5) is 12.4. The summed E-state index contributed by atoms with van der Waals surface area (Å²) in [5.74, 6) is 0.257. The minimum absolute atomic E-state index is 0.223. The van der Waals surface area contributed by atoms with E-state index in [2.05, 4.69) is 20.8 Å². The van der Waals surface area contributed by atoms with Crippen LogP contribution in [0.4, 0.5) is 5.69 Å². The second kappa shape index (κ2) is 6.36. The number of anilines is 1. The lowest BCUT2D eigenvalue weighted by atomic mass is 10.1. The lowest BCUT2D eigenvalue weighted by molar-refractivity contribution is 0.102. The summed E-state index contributed by atoms with van der Waals surface area (Å²) >= 11 is 12.0. The van der Waals surface area contributed by atoms with Gasteiger partial charge in [-0.3, -0.25) is 4.79 Å². The van der Waals surface area contributed by atoms with Gasteiger partial charge in [-0.15, -0.1) is 5.10 Å². The number of tetrazole rings is 1. The molecule has 0 aliphatic carbocycles. The molecule has 1 N–H and O–H groups in total. The molecule has 2 aromatic carbocycles. The predicted octanol–water partition coefficient (Wildman–Crippen LogP) is 3.44. The fourth-order valence-corrected chi connectivity index (χ4v) is 2.47. The molecule has 0 aliphatic heterocycles. The number of aromatic nitrogens is 4. The van der Waals surface area contributed by atoms with Crippen molar-refractivity contribution < 1.29 is 4.79 Å². The van der Waals surface area contributed by atoms with Crippen LogP contribution in [0.3, 0.4) is 0 Å². The molecule has 0 fully saturated rings. The first-order valence-corrected chi connectivity index (χ1v) is 7.40. The van der Waals surface area contributed by atoms with Crippen LogP contribution in [0.2, 0.25) is 10.0 Å². The monoisotopic (exact) mass is 347 g/mol. The van der Waals surface area contributed by atoms with Crippen molar-refractivity contribution in [3.8, 4) is 11.4 Å². The topological polar surface area (TPSA) is 72.7 Å². The molecule has 1 aromatic heterocycles. The van der Waals surface area contributed by atoms with Crippen molar-refractivity contribution in [2.45, 2.75) is 0 Å². The average Bonchev–Trinajstić information content (AvgIpc) is 2.96. The molecule has 3 aromatic rings. The molecule has 0 atom stereocenters. The van der Waals surface area contributed by atoms with Gasteiger partial charge in [-0.1, -0.05) is 41.4 Å². The molecule has 0 saturated heterocycles. The first kappa shape index (κ1) is 15.5. The molecule has 3 rings (SSSR count). The van der Waals surface area contributed by atoms with Crippen LogP contribution >= 0.6 is 23.2 Å². The van der Waals surface area contributed by atoms with Crippen molar-refractivity contribution in [3.05, 3.63) is 58.1 Å². The second-order valence-corrected chi connectivity index (χ2v) is 5.55. The lowest BCUT2D eigenvalue weighted by Gasteiger charge is -2.08. The van der Waals surface area contributed by atoms with Crippen LogP contribution < -0.4 is 5.32 Å². The predicted molar refractivity (Wildman–Crippen MR) is 88.6 cm³/mol. The molecule has 0 saturated carbocycles. The normalized spacial score (nSPS) is 10.6. The Kier molecular flexibility index (Phi) is 4.27. The van der Waals surface area contributed by atoms with Crippen molar-refractivity contribution in [2.24, 2.45) is 7.05 Å². The first-order valence-electron chi connectivity index (χ1n) is 6.64. The molecule has 0 bridgehead atoms. The standard InChI is InChI=1S/C15H11Cl2N5O/c1-22-14(19-20-21-22)9-4-2-5-10(8-9)18-15(23)11-6-3-7-12(16)13(11)17/h2-8H,1H3,(H,18,23). The number of amides is 1. The highest BCUT2D eigenvalue weighted by molar-refractivity contribution is 6.44. The number of benzene rings is 2. The Morgan fingerprint density at radius 3 is 2.70 bits per heavy atom. The van der Waals surface area contributed by atoms with Gasteiger partial charge in [-0.2, -0.15) is 0 Å². The summed E-state index contributed by atoms with van der Waals surface area (Å²) in [5.41, 5.74) is 1.70. The van der Waals surface area contributed by atoms with Crippen molar-refractivity contribution in [3.63, 3.8) is 0 Å². The first-order chi connectivity index (χ1) is 11.1. The number of nitrogens with one attached hydrogen (secondary N) is 1. The van der Waals surface area contributed by atoms with Crippen molar-refractivity contribution in [1.29, 1.82) is 0 Å². The number of carbonyl (C=O) groups excluding carboxylic acids is 1. The van der Waals surface area contributed by atoms with E-state index in [0.717, 1.165) is 5.56 Å². The highest BCUT2D eigenvalue weighted by atomic mass is 35.5. The van der Waals surface area contributed by atoms with Crippen LogP contribution in [0.1, 0.15) is 10.4 Å². The summed E-state index contributed by atoms with van der Waals surface area (Å²) in [5, 5.41) is 14.7. The van der Waals surface area contributed by atoms with Crippen LogP contribution in [-0.2, 0) is 7.05 Å². The number of aryl methyl sites for hydroxylation is 1. The van der Waals surface area contributed by atoms with Crippen LogP contribution in [-0.4, -0.2) is 26.1 Å². The Morgan fingerprint density at radius 1 is 1.17 bits per heavy atom. The maximum Gasteiger partial charge on any atom is 0.257 e. The molecular formula is C15H11Cl2N5O. The van der Waals surface area contributed by atoms with Crippen LogP contribution in [0.15, 0.2) is 42.5 Å². The van der Waals surface area contributed by atoms with E-state index in [-0.39, 0.29) is 10.9 Å². The van der Waals surface area contributed by atoms with Gasteiger partial charge in [0.25, 0.3) is 5.91 Å². The molecule has 0 radical (unpaired) electrons. The van der Waals surface area contributed by atoms with Gasteiger partial charge < -0.3 is 5.32 Å². The molecule has 8 heteroatoms. The number of carbonyl (C=O) groups is 1. The van der Waals surface area contributed by atoms with Crippen LogP contribution in [0.5, 0.6) is 0 Å². The van der Waals surface area contributed by atoms with Crippen molar-refractivity contribution in [1.82, 2.24) is 20.2 Å². The number of hydrogen-bond acceptors (Lipinski definition) is 4. The number of hydrogen-bond donors (Lipinski definition) is 1. The van der Waals surface area contributed by atoms with E-state index in [0.29, 0.717) is 22.1 Å². The summed E-state index contributed by atoms with van der Waals surface area (Å²) < 4.78 is 1.55. The Hall–Kier alpha value is -2.44. The molecule has 23 heavy (non-hydrogen) atoms. The van der Waals surface area contributed by atoms with Crippen LogP contribution in [0.25, 0.3) is 11.4 Å². The minimum atomic E-state index is -0.342. The Labute approximate surface area is 142 Å². The van der Waals surface area contributed by atoms with E-state index in [1.54, 1.807) is 48.1 Å². The van der Waals surface area contributed by atoms with E-state index in [9.17, 15) is 4.79 Å². The Bertz CT molecular complexity index is 878. The molecule has 6 nitrogen and oxygen atoms in total. The average molecular weight is 348 g/mol. The van der Waals surface area contributed by atoms with E-state index in [1.165, 1.54) is 0 Å². The number of nitrogens with zero attached hydrogens (tertiary/aromatic N) is 4. The van der Waals surface area contributed by atoms with E-state index >= 15 is 0 Å². The van der Waals surface area contributed by atoms with Gasteiger partial charge in [0.15, 0.2) is 5.82 Å². The SMILES string of the molecule is Cn1nnnc1-c1cccc(NC(=O)c2cccc(Cl)c2Cl)c1.